The third-order valence-corrected chi connectivity index (χ3v) is 5.59. The SMILES string of the molecule is COC(=O)CC[S+](C)C(C)(C)CC(C)(C)C. The summed E-state index contributed by atoms with van der Waals surface area (Å²) in [5, 5.41) is 0. The van der Waals surface area contributed by atoms with E-state index in [1.165, 1.54) is 13.5 Å². The first kappa shape index (κ1) is 15.8. The van der Waals surface area contributed by atoms with Gasteiger partial charge < -0.3 is 4.74 Å². The summed E-state index contributed by atoms with van der Waals surface area (Å²) in [6.45, 7) is 11.4. The Morgan fingerprint density at radius 2 is 1.69 bits per heavy atom. The second kappa shape index (κ2) is 5.95. The van der Waals surface area contributed by atoms with Gasteiger partial charge in [-0.3, -0.25) is 4.79 Å². The van der Waals surface area contributed by atoms with Gasteiger partial charge >= 0.3 is 5.97 Å². The molecule has 0 saturated heterocycles. The third-order valence-electron chi connectivity index (χ3n) is 2.74. The maximum atomic E-state index is 11.1. The summed E-state index contributed by atoms with van der Waals surface area (Å²) in [5.41, 5.74) is 0.343. The standard InChI is InChI=1S/C13H27O2S/c1-12(2,3)10-13(4,5)16(7)9-8-11(14)15-6/h8-10H2,1-7H3/q+1. The number of rotatable bonds is 5. The van der Waals surface area contributed by atoms with Gasteiger partial charge in [-0.05, 0) is 30.2 Å². The molecule has 0 heterocycles. The molecule has 0 radical (unpaired) electrons. The van der Waals surface area contributed by atoms with E-state index in [0.717, 1.165) is 5.75 Å². The first-order chi connectivity index (χ1) is 7.08. The van der Waals surface area contributed by atoms with E-state index in [-0.39, 0.29) is 16.9 Å². The minimum atomic E-state index is -0.0918. The van der Waals surface area contributed by atoms with Crippen LogP contribution in [0, 0.1) is 5.41 Å². The van der Waals surface area contributed by atoms with E-state index < -0.39 is 0 Å². The molecule has 0 aromatic carbocycles. The van der Waals surface area contributed by atoms with Crippen molar-refractivity contribution in [1.82, 2.24) is 0 Å². The van der Waals surface area contributed by atoms with Crippen LogP contribution in [0.25, 0.3) is 0 Å². The summed E-state index contributed by atoms with van der Waals surface area (Å²) >= 11 is 0. The van der Waals surface area contributed by atoms with Crippen molar-refractivity contribution in [2.45, 2.75) is 52.2 Å². The molecule has 0 spiro atoms. The van der Waals surface area contributed by atoms with E-state index in [1.54, 1.807) is 0 Å². The highest BCUT2D eigenvalue weighted by molar-refractivity contribution is 7.97. The highest BCUT2D eigenvalue weighted by Gasteiger charge is 2.38. The van der Waals surface area contributed by atoms with Gasteiger partial charge in [-0.1, -0.05) is 20.8 Å². The lowest BCUT2D eigenvalue weighted by molar-refractivity contribution is -0.140. The molecule has 0 amide bonds. The van der Waals surface area contributed by atoms with E-state index in [0.29, 0.717) is 16.6 Å². The van der Waals surface area contributed by atoms with E-state index in [9.17, 15) is 4.79 Å². The van der Waals surface area contributed by atoms with Crippen molar-refractivity contribution in [2.24, 2.45) is 5.41 Å². The highest BCUT2D eigenvalue weighted by atomic mass is 32.2. The highest BCUT2D eigenvalue weighted by Crippen LogP contribution is 2.33. The minimum Gasteiger partial charge on any atom is -0.469 e. The smallest absolute Gasteiger partial charge is 0.310 e. The molecular weight excluding hydrogens is 220 g/mol. The molecule has 3 heteroatoms. The van der Waals surface area contributed by atoms with Gasteiger partial charge in [0.05, 0.1) is 19.8 Å². The number of ether oxygens (including phenoxy) is 1. The van der Waals surface area contributed by atoms with Gasteiger partial charge in [0.15, 0.2) is 0 Å². The summed E-state index contributed by atoms with van der Waals surface area (Å²) in [6, 6.07) is 0. The molecule has 0 aromatic heterocycles. The Morgan fingerprint density at radius 1 is 1.19 bits per heavy atom. The zero-order valence-electron chi connectivity index (χ0n) is 11.8. The van der Waals surface area contributed by atoms with Crippen LogP contribution in [0.15, 0.2) is 0 Å². The molecule has 0 saturated carbocycles. The molecule has 0 fully saturated rings. The summed E-state index contributed by atoms with van der Waals surface area (Å²) in [6.07, 6.45) is 3.99. The largest absolute Gasteiger partial charge is 0.469 e. The fourth-order valence-electron chi connectivity index (χ4n) is 2.02. The van der Waals surface area contributed by atoms with Crippen molar-refractivity contribution in [2.75, 3.05) is 19.1 Å². The monoisotopic (exact) mass is 247 g/mol. The first-order valence-corrected chi connectivity index (χ1v) is 7.58. The molecule has 96 valence electrons. The molecule has 0 aliphatic heterocycles. The van der Waals surface area contributed by atoms with E-state index in [2.05, 4.69) is 45.6 Å². The molecule has 0 rings (SSSR count). The van der Waals surface area contributed by atoms with E-state index in [1.807, 2.05) is 0 Å². The van der Waals surface area contributed by atoms with Crippen molar-refractivity contribution >= 4 is 16.9 Å². The Hall–Kier alpha value is -0.180. The third kappa shape index (κ3) is 6.41. The summed E-state index contributed by atoms with van der Waals surface area (Å²) in [7, 11) is 1.70. The van der Waals surface area contributed by atoms with E-state index >= 15 is 0 Å². The molecule has 1 atom stereocenters. The molecule has 2 nitrogen and oxygen atoms in total. The lowest BCUT2D eigenvalue weighted by Gasteiger charge is -2.30. The van der Waals surface area contributed by atoms with Gasteiger partial charge in [-0.15, -0.1) is 0 Å². The van der Waals surface area contributed by atoms with Gasteiger partial charge in [-0.25, -0.2) is 0 Å². The van der Waals surface area contributed by atoms with Crippen molar-refractivity contribution < 1.29 is 9.53 Å². The Balaban J connectivity index is 4.24. The predicted molar refractivity (Wildman–Crippen MR) is 72.9 cm³/mol. The number of hydrogen-bond acceptors (Lipinski definition) is 2. The maximum absolute atomic E-state index is 11.1. The summed E-state index contributed by atoms with van der Waals surface area (Å²) in [5.74, 6) is 0.848. The van der Waals surface area contributed by atoms with Crippen LogP contribution < -0.4 is 0 Å². The summed E-state index contributed by atoms with van der Waals surface area (Å²) in [4.78, 5) is 11.1. The number of carbonyl (C=O) groups is 1. The average molecular weight is 247 g/mol. The normalized spacial score (nSPS) is 14.7. The molecule has 1 unspecified atom stereocenters. The topological polar surface area (TPSA) is 26.3 Å². The predicted octanol–water partition coefficient (Wildman–Crippen LogP) is 3.01. The molecule has 0 aliphatic rings. The number of carbonyl (C=O) groups excluding carboxylic acids is 1. The number of esters is 1. The maximum Gasteiger partial charge on any atom is 0.310 e. The Morgan fingerprint density at radius 3 is 2.06 bits per heavy atom. The first-order valence-electron chi connectivity index (χ1n) is 5.78. The van der Waals surface area contributed by atoms with Crippen LogP contribution in [0.4, 0.5) is 0 Å². The molecule has 0 bridgehead atoms. The van der Waals surface area contributed by atoms with Crippen LogP contribution in [0.3, 0.4) is 0 Å². The van der Waals surface area contributed by atoms with Crippen LogP contribution in [-0.4, -0.2) is 29.8 Å². The van der Waals surface area contributed by atoms with Crippen LogP contribution in [0.1, 0.15) is 47.5 Å². The van der Waals surface area contributed by atoms with Crippen molar-refractivity contribution in [3.8, 4) is 0 Å². The van der Waals surface area contributed by atoms with Crippen molar-refractivity contribution in [1.29, 1.82) is 0 Å². The molecular formula is C13H27O2S+. The van der Waals surface area contributed by atoms with Gasteiger partial charge in [0, 0.05) is 6.42 Å². The van der Waals surface area contributed by atoms with Crippen LogP contribution in [0.2, 0.25) is 0 Å². The Kier molecular flexibility index (Phi) is 5.88. The fraction of sp³-hybridized carbons (Fsp3) is 0.923. The number of hydrogen-bond donors (Lipinski definition) is 0. The summed E-state index contributed by atoms with van der Waals surface area (Å²) < 4.78 is 4.98. The fourth-order valence-corrected chi connectivity index (χ4v) is 3.72. The van der Waals surface area contributed by atoms with Crippen molar-refractivity contribution in [3.05, 3.63) is 0 Å². The van der Waals surface area contributed by atoms with Crippen LogP contribution >= 0.6 is 0 Å². The lowest BCUT2D eigenvalue weighted by Crippen LogP contribution is -2.37. The minimum absolute atomic E-state index is 0.0918. The van der Waals surface area contributed by atoms with Gasteiger partial charge in [0.1, 0.15) is 10.5 Å². The van der Waals surface area contributed by atoms with Gasteiger partial charge in [0.25, 0.3) is 0 Å². The second-order valence-electron chi connectivity index (χ2n) is 6.16. The lowest BCUT2D eigenvalue weighted by atomic mass is 9.86. The number of methoxy groups -OCH3 is 1. The van der Waals surface area contributed by atoms with Crippen LogP contribution in [-0.2, 0) is 20.4 Å². The zero-order valence-corrected chi connectivity index (χ0v) is 12.7. The van der Waals surface area contributed by atoms with Gasteiger partial charge in [-0.2, -0.15) is 0 Å². The zero-order chi connectivity index (χ0) is 13.0. The van der Waals surface area contributed by atoms with Crippen LogP contribution in [0.5, 0.6) is 0 Å². The second-order valence-corrected chi connectivity index (χ2v) is 8.95. The van der Waals surface area contributed by atoms with Crippen molar-refractivity contribution in [3.63, 3.8) is 0 Å². The molecule has 0 N–H and O–H groups in total. The average Bonchev–Trinajstić information content (AvgIpc) is 2.09. The quantitative estimate of drug-likeness (QED) is 0.551. The Labute approximate surface area is 103 Å². The Bertz CT molecular complexity index is 229. The molecule has 16 heavy (non-hydrogen) atoms. The molecule has 0 aromatic rings. The van der Waals surface area contributed by atoms with Gasteiger partial charge in [0.2, 0.25) is 0 Å². The van der Waals surface area contributed by atoms with E-state index in [4.69, 9.17) is 0 Å². The molecule has 0 aliphatic carbocycles.